The molecule has 2 nitrogen and oxygen atoms in total. The lowest BCUT2D eigenvalue weighted by atomic mass is 10.3. The van der Waals surface area contributed by atoms with Crippen LogP contribution in [0.5, 0.6) is 0 Å². The van der Waals surface area contributed by atoms with Crippen molar-refractivity contribution >= 4 is 37.5 Å². The minimum absolute atomic E-state index is 0.854. The van der Waals surface area contributed by atoms with Gasteiger partial charge in [-0.1, -0.05) is 15.9 Å². The SMILES string of the molecule is CN(C#N)c1cc(Br)ccc1Br. The fraction of sp³-hybridized carbons (Fsp3) is 0.125. The van der Waals surface area contributed by atoms with Crippen LogP contribution < -0.4 is 4.90 Å². The first-order chi connectivity index (χ1) is 5.65. The van der Waals surface area contributed by atoms with Gasteiger partial charge in [-0.2, -0.15) is 5.26 Å². The molecule has 1 aromatic rings. The zero-order chi connectivity index (χ0) is 9.14. The van der Waals surface area contributed by atoms with E-state index in [9.17, 15) is 0 Å². The van der Waals surface area contributed by atoms with Gasteiger partial charge in [0.05, 0.1) is 5.69 Å². The van der Waals surface area contributed by atoms with Gasteiger partial charge in [0.1, 0.15) is 0 Å². The van der Waals surface area contributed by atoms with Gasteiger partial charge in [0.2, 0.25) is 0 Å². The van der Waals surface area contributed by atoms with Gasteiger partial charge in [0.25, 0.3) is 0 Å². The molecule has 0 aliphatic heterocycles. The van der Waals surface area contributed by atoms with E-state index in [2.05, 4.69) is 31.9 Å². The Labute approximate surface area is 88.0 Å². The Morgan fingerprint density at radius 1 is 1.42 bits per heavy atom. The summed E-state index contributed by atoms with van der Waals surface area (Å²) in [7, 11) is 1.71. The second-order valence-corrected chi connectivity index (χ2v) is 4.02. The summed E-state index contributed by atoms with van der Waals surface area (Å²) in [6.45, 7) is 0. The Morgan fingerprint density at radius 3 is 2.67 bits per heavy atom. The third-order valence-electron chi connectivity index (χ3n) is 1.42. The first-order valence-electron chi connectivity index (χ1n) is 3.23. The summed E-state index contributed by atoms with van der Waals surface area (Å²) >= 11 is 6.70. The van der Waals surface area contributed by atoms with Crippen molar-refractivity contribution in [3.63, 3.8) is 0 Å². The fourth-order valence-electron chi connectivity index (χ4n) is 0.797. The monoisotopic (exact) mass is 288 g/mol. The van der Waals surface area contributed by atoms with Crippen LogP contribution in [0.1, 0.15) is 0 Å². The molecule has 0 atom stereocenters. The number of rotatable bonds is 1. The van der Waals surface area contributed by atoms with Crippen molar-refractivity contribution in [3.8, 4) is 6.19 Å². The van der Waals surface area contributed by atoms with Gasteiger partial charge in [-0.15, -0.1) is 0 Å². The Bertz CT molecular complexity index is 330. The van der Waals surface area contributed by atoms with Crippen LogP contribution in [0.15, 0.2) is 27.1 Å². The molecule has 0 bridgehead atoms. The third kappa shape index (κ3) is 1.99. The van der Waals surface area contributed by atoms with Crippen molar-refractivity contribution in [2.45, 2.75) is 0 Å². The maximum Gasteiger partial charge on any atom is 0.184 e. The number of halogens is 2. The average Bonchev–Trinajstić information content (AvgIpc) is 2.08. The topological polar surface area (TPSA) is 27.0 Å². The highest BCUT2D eigenvalue weighted by Crippen LogP contribution is 2.28. The highest BCUT2D eigenvalue weighted by atomic mass is 79.9. The number of hydrogen-bond donors (Lipinski definition) is 0. The standard InChI is InChI=1S/C8H6Br2N2/c1-12(5-11)8-4-6(9)2-3-7(8)10/h2-4H,1H3. The lowest BCUT2D eigenvalue weighted by molar-refractivity contribution is 1.19. The Hall–Kier alpha value is -0.530. The quantitative estimate of drug-likeness (QED) is 0.587. The number of benzene rings is 1. The predicted octanol–water partition coefficient (Wildman–Crippen LogP) is 3.13. The summed E-state index contributed by atoms with van der Waals surface area (Å²) in [6, 6.07) is 5.69. The summed E-state index contributed by atoms with van der Waals surface area (Å²) in [5.74, 6) is 0. The second kappa shape index (κ2) is 3.92. The van der Waals surface area contributed by atoms with E-state index in [-0.39, 0.29) is 0 Å². The van der Waals surface area contributed by atoms with Crippen LogP contribution in [0.3, 0.4) is 0 Å². The van der Waals surface area contributed by atoms with Crippen molar-refractivity contribution in [3.05, 3.63) is 27.1 Å². The molecular formula is C8H6Br2N2. The van der Waals surface area contributed by atoms with Gasteiger partial charge in [0, 0.05) is 16.0 Å². The van der Waals surface area contributed by atoms with Crippen molar-refractivity contribution in [2.75, 3.05) is 11.9 Å². The molecule has 0 heterocycles. The molecule has 0 fully saturated rings. The van der Waals surface area contributed by atoms with Crippen molar-refractivity contribution in [1.82, 2.24) is 0 Å². The number of anilines is 1. The van der Waals surface area contributed by atoms with E-state index < -0.39 is 0 Å². The highest BCUT2D eigenvalue weighted by Gasteiger charge is 2.04. The largest absolute Gasteiger partial charge is 0.281 e. The van der Waals surface area contributed by atoms with Gasteiger partial charge < -0.3 is 0 Å². The second-order valence-electron chi connectivity index (χ2n) is 2.25. The number of nitriles is 1. The summed E-state index contributed by atoms with van der Waals surface area (Å²) in [6.07, 6.45) is 2.03. The minimum atomic E-state index is 0.854. The van der Waals surface area contributed by atoms with E-state index in [0.717, 1.165) is 14.6 Å². The normalized spacial score (nSPS) is 9.17. The molecule has 0 amide bonds. The predicted molar refractivity (Wildman–Crippen MR) is 55.9 cm³/mol. The van der Waals surface area contributed by atoms with Crippen LogP contribution in [0.25, 0.3) is 0 Å². The van der Waals surface area contributed by atoms with Crippen LogP contribution in [0.4, 0.5) is 5.69 Å². The molecule has 1 rings (SSSR count). The van der Waals surface area contributed by atoms with Crippen LogP contribution in [-0.4, -0.2) is 7.05 Å². The molecule has 0 spiro atoms. The van der Waals surface area contributed by atoms with E-state index in [1.54, 1.807) is 7.05 Å². The molecule has 0 aliphatic rings. The summed E-state index contributed by atoms with van der Waals surface area (Å²) in [4.78, 5) is 1.49. The highest BCUT2D eigenvalue weighted by molar-refractivity contribution is 9.11. The molecule has 0 unspecified atom stereocenters. The van der Waals surface area contributed by atoms with Crippen LogP contribution in [-0.2, 0) is 0 Å². The number of hydrogen-bond acceptors (Lipinski definition) is 2. The van der Waals surface area contributed by atoms with Crippen LogP contribution in [0, 0.1) is 11.5 Å². The van der Waals surface area contributed by atoms with E-state index >= 15 is 0 Å². The van der Waals surface area contributed by atoms with Crippen molar-refractivity contribution < 1.29 is 0 Å². The molecule has 0 aliphatic carbocycles. The molecule has 0 saturated heterocycles. The molecule has 0 radical (unpaired) electrons. The van der Waals surface area contributed by atoms with E-state index in [1.165, 1.54) is 4.90 Å². The maximum absolute atomic E-state index is 8.64. The Kier molecular flexibility index (Phi) is 3.12. The molecule has 1 aromatic carbocycles. The van der Waals surface area contributed by atoms with Gasteiger partial charge in [-0.3, -0.25) is 4.90 Å². The molecule has 0 aromatic heterocycles. The smallest absolute Gasteiger partial charge is 0.184 e. The minimum Gasteiger partial charge on any atom is -0.281 e. The zero-order valence-corrected chi connectivity index (χ0v) is 9.55. The van der Waals surface area contributed by atoms with Crippen molar-refractivity contribution in [2.24, 2.45) is 0 Å². The molecule has 4 heteroatoms. The molecule has 0 saturated carbocycles. The first-order valence-corrected chi connectivity index (χ1v) is 4.82. The third-order valence-corrected chi connectivity index (χ3v) is 2.58. The lowest BCUT2D eigenvalue weighted by Gasteiger charge is -2.10. The fourth-order valence-corrected chi connectivity index (χ4v) is 1.66. The molecule has 12 heavy (non-hydrogen) atoms. The summed E-state index contributed by atoms with van der Waals surface area (Å²) in [5, 5.41) is 8.64. The lowest BCUT2D eigenvalue weighted by Crippen LogP contribution is -2.08. The van der Waals surface area contributed by atoms with E-state index in [1.807, 2.05) is 24.4 Å². The molecule has 0 N–H and O–H groups in total. The average molecular weight is 290 g/mol. The summed E-state index contributed by atoms with van der Waals surface area (Å²) < 4.78 is 1.87. The van der Waals surface area contributed by atoms with Gasteiger partial charge in [-0.05, 0) is 34.1 Å². The van der Waals surface area contributed by atoms with Gasteiger partial charge >= 0.3 is 0 Å². The van der Waals surface area contributed by atoms with Crippen LogP contribution in [0.2, 0.25) is 0 Å². The van der Waals surface area contributed by atoms with E-state index in [4.69, 9.17) is 5.26 Å². The number of nitrogens with zero attached hydrogens (tertiary/aromatic N) is 2. The zero-order valence-electron chi connectivity index (χ0n) is 6.38. The molecular weight excluding hydrogens is 284 g/mol. The maximum atomic E-state index is 8.64. The molecule has 62 valence electrons. The first kappa shape index (κ1) is 9.56. The van der Waals surface area contributed by atoms with Crippen LogP contribution >= 0.6 is 31.9 Å². The summed E-state index contributed by atoms with van der Waals surface area (Å²) in [5.41, 5.74) is 0.854. The van der Waals surface area contributed by atoms with E-state index in [0.29, 0.717) is 0 Å². The Balaban J connectivity index is 3.15. The van der Waals surface area contributed by atoms with Crippen molar-refractivity contribution in [1.29, 1.82) is 5.26 Å². The van der Waals surface area contributed by atoms with Gasteiger partial charge in [-0.25, -0.2) is 0 Å². The van der Waals surface area contributed by atoms with Gasteiger partial charge in [0.15, 0.2) is 6.19 Å². The Morgan fingerprint density at radius 2 is 2.08 bits per heavy atom.